The summed E-state index contributed by atoms with van der Waals surface area (Å²) in [4.78, 5) is 1.36. The van der Waals surface area contributed by atoms with Crippen LogP contribution in [-0.2, 0) is 21.3 Å². The van der Waals surface area contributed by atoms with Gasteiger partial charge in [0.05, 0.1) is 3.79 Å². The van der Waals surface area contributed by atoms with Gasteiger partial charge in [-0.1, -0.05) is 6.92 Å². The van der Waals surface area contributed by atoms with Crippen molar-refractivity contribution < 1.29 is 13.2 Å². The second-order valence-electron chi connectivity index (χ2n) is 5.04. The Labute approximate surface area is 138 Å². The van der Waals surface area contributed by atoms with Crippen molar-refractivity contribution in [3.8, 4) is 0 Å². The summed E-state index contributed by atoms with van der Waals surface area (Å²) >= 11 is 4.84. The maximum absolute atomic E-state index is 12.5. The normalized spacial score (nSPS) is 17.2. The van der Waals surface area contributed by atoms with Gasteiger partial charge in [-0.15, -0.1) is 11.3 Å². The number of rotatable bonds is 7. The first-order chi connectivity index (χ1) is 10.0. The van der Waals surface area contributed by atoms with Crippen LogP contribution in [-0.4, -0.2) is 34.2 Å². The average Bonchev–Trinajstić information content (AvgIpc) is 2.82. The van der Waals surface area contributed by atoms with E-state index in [1.165, 1.54) is 11.3 Å². The Morgan fingerprint density at radius 1 is 1.43 bits per heavy atom. The van der Waals surface area contributed by atoms with Crippen LogP contribution < -0.4 is 10.0 Å². The number of thiophene rings is 1. The van der Waals surface area contributed by atoms with Gasteiger partial charge in [0.25, 0.3) is 0 Å². The molecule has 2 N–H and O–H groups in total. The van der Waals surface area contributed by atoms with Gasteiger partial charge >= 0.3 is 0 Å². The van der Waals surface area contributed by atoms with Gasteiger partial charge in [-0.25, -0.2) is 13.1 Å². The maximum atomic E-state index is 12.5. The van der Waals surface area contributed by atoms with E-state index in [9.17, 15) is 8.42 Å². The first kappa shape index (κ1) is 17.4. The van der Waals surface area contributed by atoms with E-state index in [0.717, 1.165) is 30.7 Å². The van der Waals surface area contributed by atoms with Crippen LogP contribution in [0.15, 0.2) is 14.7 Å². The molecule has 0 unspecified atom stereocenters. The highest BCUT2D eigenvalue weighted by atomic mass is 79.9. The Morgan fingerprint density at radius 2 is 2.14 bits per heavy atom. The fourth-order valence-corrected chi connectivity index (χ4v) is 6.11. The molecule has 1 aromatic heterocycles. The summed E-state index contributed by atoms with van der Waals surface area (Å²) in [5, 5.41) is 3.28. The fourth-order valence-electron chi connectivity index (χ4n) is 2.15. The SMILES string of the molecule is CCCNCc1cc(S(=O)(=O)NC2CCOCC2)c(Br)s1. The minimum Gasteiger partial charge on any atom is -0.381 e. The largest absolute Gasteiger partial charge is 0.381 e. The smallest absolute Gasteiger partial charge is 0.242 e. The van der Waals surface area contributed by atoms with Gasteiger partial charge in [0.1, 0.15) is 4.90 Å². The molecule has 0 atom stereocenters. The molecule has 0 amide bonds. The molecule has 5 nitrogen and oxygen atoms in total. The van der Waals surface area contributed by atoms with Crippen LogP contribution in [0.25, 0.3) is 0 Å². The molecule has 1 saturated heterocycles. The Bertz CT molecular complexity index is 554. The number of hydrogen-bond acceptors (Lipinski definition) is 5. The number of ether oxygens (including phenoxy) is 1. The zero-order valence-corrected chi connectivity index (χ0v) is 15.2. The third kappa shape index (κ3) is 5.01. The van der Waals surface area contributed by atoms with Crippen LogP contribution in [0.3, 0.4) is 0 Å². The van der Waals surface area contributed by atoms with Crippen molar-refractivity contribution in [1.29, 1.82) is 0 Å². The lowest BCUT2D eigenvalue weighted by molar-refractivity contribution is 0.0832. The Hall–Kier alpha value is 0.01000. The van der Waals surface area contributed by atoms with Gasteiger partial charge in [-0.3, -0.25) is 0 Å². The Morgan fingerprint density at radius 3 is 2.81 bits per heavy atom. The predicted molar refractivity (Wildman–Crippen MR) is 88.2 cm³/mol. The van der Waals surface area contributed by atoms with E-state index in [2.05, 4.69) is 32.9 Å². The molecule has 1 fully saturated rings. The lowest BCUT2D eigenvalue weighted by Crippen LogP contribution is -2.38. The van der Waals surface area contributed by atoms with Crippen molar-refractivity contribution in [2.24, 2.45) is 0 Å². The summed E-state index contributed by atoms with van der Waals surface area (Å²) in [6.07, 6.45) is 2.51. The summed E-state index contributed by atoms with van der Waals surface area (Å²) in [7, 11) is -3.47. The van der Waals surface area contributed by atoms with Gasteiger partial charge in [-0.05, 0) is 47.8 Å². The Kier molecular flexibility index (Phi) is 6.64. The zero-order valence-electron chi connectivity index (χ0n) is 12.0. The summed E-state index contributed by atoms with van der Waals surface area (Å²) in [5.74, 6) is 0. The van der Waals surface area contributed by atoms with E-state index in [0.29, 0.717) is 28.4 Å². The monoisotopic (exact) mass is 396 g/mol. The first-order valence-electron chi connectivity index (χ1n) is 7.12. The van der Waals surface area contributed by atoms with E-state index in [1.54, 1.807) is 6.07 Å². The van der Waals surface area contributed by atoms with Crippen LogP contribution in [0, 0.1) is 0 Å². The maximum Gasteiger partial charge on any atom is 0.242 e. The lowest BCUT2D eigenvalue weighted by atomic mass is 10.1. The number of sulfonamides is 1. The van der Waals surface area contributed by atoms with Crippen molar-refractivity contribution in [2.45, 2.75) is 43.7 Å². The molecule has 0 spiro atoms. The predicted octanol–water partition coefficient (Wildman–Crippen LogP) is 2.47. The highest BCUT2D eigenvalue weighted by Crippen LogP contribution is 2.32. The molecule has 2 heterocycles. The van der Waals surface area contributed by atoms with E-state index < -0.39 is 10.0 Å². The zero-order chi connectivity index (χ0) is 15.3. The minimum absolute atomic E-state index is 0.0304. The third-order valence-electron chi connectivity index (χ3n) is 3.27. The van der Waals surface area contributed by atoms with Crippen molar-refractivity contribution >= 4 is 37.3 Å². The van der Waals surface area contributed by atoms with Crippen molar-refractivity contribution in [2.75, 3.05) is 19.8 Å². The van der Waals surface area contributed by atoms with E-state index in [1.807, 2.05) is 0 Å². The van der Waals surface area contributed by atoms with Crippen molar-refractivity contribution in [3.05, 3.63) is 14.7 Å². The molecule has 0 bridgehead atoms. The molecule has 1 aliphatic heterocycles. The van der Waals surface area contributed by atoms with Gasteiger partial charge < -0.3 is 10.1 Å². The summed E-state index contributed by atoms with van der Waals surface area (Å²) in [5.41, 5.74) is 0. The van der Waals surface area contributed by atoms with Gasteiger partial charge in [0.2, 0.25) is 10.0 Å². The molecular formula is C13H21BrN2O3S2. The molecule has 120 valence electrons. The molecule has 0 aliphatic carbocycles. The lowest BCUT2D eigenvalue weighted by Gasteiger charge is -2.22. The summed E-state index contributed by atoms with van der Waals surface area (Å²) in [6, 6.07) is 1.72. The number of halogens is 1. The molecule has 0 saturated carbocycles. The van der Waals surface area contributed by atoms with Gasteiger partial charge in [-0.2, -0.15) is 0 Å². The third-order valence-corrected chi connectivity index (χ3v) is 7.04. The second-order valence-corrected chi connectivity index (χ2v) is 9.17. The van der Waals surface area contributed by atoms with Crippen molar-refractivity contribution in [3.63, 3.8) is 0 Å². The van der Waals surface area contributed by atoms with Gasteiger partial charge in [0, 0.05) is 30.7 Å². The molecule has 0 radical (unpaired) electrons. The molecule has 21 heavy (non-hydrogen) atoms. The molecule has 8 heteroatoms. The molecule has 2 rings (SSSR count). The molecule has 1 aliphatic rings. The van der Waals surface area contributed by atoms with Crippen LogP contribution in [0.5, 0.6) is 0 Å². The second kappa shape index (κ2) is 8.03. The summed E-state index contributed by atoms with van der Waals surface area (Å²) in [6.45, 7) is 4.96. The molecular weight excluding hydrogens is 376 g/mol. The minimum atomic E-state index is -3.47. The Balaban J connectivity index is 2.04. The quantitative estimate of drug-likeness (QED) is 0.694. The van der Waals surface area contributed by atoms with Crippen LogP contribution >= 0.6 is 27.3 Å². The van der Waals surface area contributed by atoms with Crippen molar-refractivity contribution in [1.82, 2.24) is 10.0 Å². The van der Waals surface area contributed by atoms with Crippen LogP contribution in [0.4, 0.5) is 0 Å². The van der Waals surface area contributed by atoms with Gasteiger partial charge in [0.15, 0.2) is 0 Å². The van der Waals surface area contributed by atoms with Crippen LogP contribution in [0.1, 0.15) is 31.1 Å². The first-order valence-corrected chi connectivity index (χ1v) is 10.2. The van der Waals surface area contributed by atoms with E-state index >= 15 is 0 Å². The molecule has 0 aromatic carbocycles. The summed E-state index contributed by atoms with van der Waals surface area (Å²) < 4.78 is 33.6. The number of nitrogens with one attached hydrogen (secondary N) is 2. The highest BCUT2D eigenvalue weighted by molar-refractivity contribution is 9.11. The molecule has 1 aromatic rings. The van der Waals surface area contributed by atoms with Crippen LogP contribution in [0.2, 0.25) is 0 Å². The topological polar surface area (TPSA) is 67.4 Å². The number of hydrogen-bond donors (Lipinski definition) is 2. The highest BCUT2D eigenvalue weighted by Gasteiger charge is 2.25. The average molecular weight is 397 g/mol. The van der Waals surface area contributed by atoms with E-state index in [4.69, 9.17) is 4.74 Å². The standard InChI is InChI=1S/C13H21BrN2O3S2/c1-2-5-15-9-11-8-12(13(14)20-11)21(17,18)16-10-3-6-19-7-4-10/h8,10,15-16H,2-7,9H2,1H3. The fraction of sp³-hybridized carbons (Fsp3) is 0.692. The van der Waals surface area contributed by atoms with E-state index in [-0.39, 0.29) is 6.04 Å².